The van der Waals surface area contributed by atoms with Crippen LogP contribution in [0, 0.1) is 0 Å². The summed E-state index contributed by atoms with van der Waals surface area (Å²) in [6.45, 7) is 1.19. The maximum Gasteiger partial charge on any atom is 0.227 e. The molecule has 0 unspecified atom stereocenters. The van der Waals surface area contributed by atoms with Gasteiger partial charge < -0.3 is 13.9 Å². The van der Waals surface area contributed by atoms with E-state index in [9.17, 15) is 0 Å². The van der Waals surface area contributed by atoms with Gasteiger partial charge in [-0.1, -0.05) is 0 Å². The van der Waals surface area contributed by atoms with Crippen LogP contribution in [0.1, 0.15) is 12.8 Å². The molecule has 0 spiro atoms. The molecule has 0 amide bonds. The van der Waals surface area contributed by atoms with Crippen LogP contribution in [0.4, 0.5) is 0 Å². The van der Waals surface area contributed by atoms with E-state index in [2.05, 4.69) is 4.98 Å². The fourth-order valence-electron chi connectivity index (χ4n) is 2.30. The minimum absolute atomic E-state index is 0.570. The largest absolute Gasteiger partial charge is 0.494 e. The molecule has 1 aromatic heterocycles. The summed E-state index contributed by atoms with van der Waals surface area (Å²) in [5, 5.41) is 0. The van der Waals surface area contributed by atoms with E-state index >= 15 is 0 Å². The molecule has 1 heterocycles. The lowest BCUT2D eigenvalue weighted by molar-refractivity contribution is 0.318. The second-order valence-electron chi connectivity index (χ2n) is 5.45. The summed E-state index contributed by atoms with van der Waals surface area (Å²) in [5.74, 6) is 3.31. The quantitative estimate of drug-likeness (QED) is 0.363. The predicted molar refractivity (Wildman–Crippen MR) is 101 cm³/mol. The second-order valence-corrected chi connectivity index (χ2v) is 6.21. The third-order valence-electron chi connectivity index (χ3n) is 3.55. The van der Waals surface area contributed by atoms with Crippen LogP contribution in [0.2, 0.25) is 0 Å². The Morgan fingerprint density at radius 1 is 0.840 bits per heavy atom. The summed E-state index contributed by atoms with van der Waals surface area (Å²) >= 11 is 11.3. The van der Waals surface area contributed by atoms with Gasteiger partial charge in [0, 0.05) is 23.4 Å². The Labute approximate surface area is 156 Å². The maximum atomic E-state index is 5.86. The number of fused-ring (bicyclic) bond motifs is 1. The molecule has 0 aliphatic carbocycles. The molecule has 0 saturated heterocycles. The lowest BCUT2D eigenvalue weighted by atomic mass is 10.2. The number of rotatable bonds is 9. The molecule has 3 rings (SSSR count). The van der Waals surface area contributed by atoms with Crippen molar-refractivity contribution in [2.24, 2.45) is 0 Å². The van der Waals surface area contributed by atoms with E-state index in [0.29, 0.717) is 36.4 Å². The SMILES string of the molecule is ClCCCOc1ccc(-c2nc3ccc(OCCCCl)cc3o2)cc1. The van der Waals surface area contributed by atoms with E-state index in [1.54, 1.807) is 0 Å². The highest BCUT2D eigenvalue weighted by atomic mass is 35.5. The van der Waals surface area contributed by atoms with Gasteiger partial charge in [0.15, 0.2) is 5.58 Å². The molecule has 0 fully saturated rings. The van der Waals surface area contributed by atoms with Gasteiger partial charge in [-0.15, -0.1) is 23.2 Å². The molecular formula is C19H19Cl2NO3. The average Bonchev–Trinajstić information content (AvgIpc) is 3.06. The molecule has 0 atom stereocenters. The fourth-order valence-corrected chi connectivity index (χ4v) is 2.52. The number of nitrogens with zero attached hydrogens (tertiary/aromatic N) is 1. The van der Waals surface area contributed by atoms with Crippen molar-refractivity contribution in [1.82, 2.24) is 4.98 Å². The van der Waals surface area contributed by atoms with Crippen molar-refractivity contribution in [3.05, 3.63) is 42.5 Å². The maximum absolute atomic E-state index is 5.86. The van der Waals surface area contributed by atoms with E-state index in [0.717, 1.165) is 35.4 Å². The first kappa shape index (κ1) is 17.9. The van der Waals surface area contributed by atoms with Gasteiger partial charge in [0.2, 0.25) is 5.89 Å². The number of halogens is 2. The Balaban J connectivity index is 1.72. The summed E-state index contributed by atoms with van der Waals surface area (Å²) in [6.07, 6.45) is 1.63. The van der Waals surface area contributed by atoms with E-state index < -0.39 is 0 Å². The molecule has 0 aliphatic rings. The van der Waals surface area contributed by atoms with E-state index in [-0.39, 0.29) is 0 Å². The smallest absolute Gasteiger partial charge is 0.227 e. The minimum Gasteiger partial charge on any atom is -0.494 e. The van der Waals surface area contributed by atoms with Crippen molar-refractivity contribution >= 4 is 34.3 Å². The zero-order valence-electron chi connectivity index (χ0n) is 13.7. The molecule has 132 valence electrons. The lowest BCUT2D eigenvalue weighted by Gasteiger charge is -2.04. The normalized spacial score (nSPS) is 11.0. The van der Waals surface area contributed by atoms with Gasteiger partial charge in [-0.3, -0.25) is 0 Å². The number of hydrogen-bond acceptors (Lipinski definition) is 4. The van der Waals surface area contributed by atoms with Crippen LogP contribution in [-0.4, -0.2) is 30.0 Å². The predicted octanol–water partition coefficient (Wildman–Crippen LogP) is 5.51. The molecule has 0 aliphatic heterocycles. The van der Waals surface area contributed by atoms with Crippen LogP contribution in [0.3, 0.4) is 0 Å². The van der Waals surface area contributed by atoms with E-state index in [1.165, 1.54) is 0 Å². The summed E-state index contributed by atoms with van der Waals surface area (Å²) in [6, 6.07) is 13.3. The number of alkyl halides is 2. The van der Waals surface area contributed by atoms with Crippen molar-refractivity contribution in [1.29, 1.82) is 0 Å². The highest BCUT2D eigenvalue weighted by Crippen LogP contribution is 2.28. The Hall–Kier alpha value is -1.91. The molecular weight excluding hydrogens is 361 g/mol. The highest BCUT2D eigenvalue weighted by molar-refractivity contribution is 6.18. The van der Waals surface area contributed by atoms with Crippen LogP contribution in [0.25, 0.3) is 22.6 Å². The Morgan fingerprint density at radius 2 is 1.48 bits per heavy atom. The van der Waals surface area contributed by atoms with Gasteiger partial charge in [0.25, 0.3) is 0 Å². The molecule has 0 saturated carbocycles. The standard InChI is InChI=1S/C19H19Cl2NO3/c20-9-1-11-23-15-5-3-14(4-6-15)19-22-17-8-7-16(13-18(17)25-19)24-12-2-10-21/h3-8,13H,1-2,9-12H2. The highest BCUT2D eigenvalue weighted by Gasteiger charge is 2.09. The van der Waals surface area contributed by atoms with Crippen LogP contribution in [0.15, 0.2) is 46.9 Å². The van der Waals surface area contributed by atoms with Crippen LogP contribution < -0.4 is 9.47 Å². The summed E-state index contributed by atoms with van der Waals surface area (Å²) in [7, 11) is 0. The third-order valence-corrected chi connectivity index (χ3v) is 4.09. The fraction of sp³-hybridized carbons (Fsp3) is 0.316. The van der Waals surface area contributed by atoms with Crippen molar-refractivity contribution in [2.75, 3.05) is 25.0 Å². The average molecular weight is 380 g/mol. The summed E-state index contributed by atoms with van der Waals surface area (Å²) < 4.78 is 17.1. The third kappa shape index (κ3) is 4.80. The van der Waals surface area contributed by atoms with Gasteiger partial charge in [-0.2, -0.15) is 0 Å². The Kier molecular flexibility index (Phi) is 6.42. The van der Waals surface area contributed by atoms with Gasteiger partial charge >= 0.3 is 0 Å². The molecule has 0 N–H and O–H groups in total. The Bertz CT molecular complexity index is 802. The van der Waals surface area contributed by atoms with Crippen LogP contribution in [-0.2, 0) is 0 Å². The van der Waals surface area contributed by atoms with Crippen molar-refractivity contribution in [3.8, 4) is 23.0 Å². The minimum atomic E-state index is 0.570. The van der Waals surface area contributed by atoms with Gasteiger partial charge in [0.1, 0.15) is 17.0 Å². The second kappa shape index (κ2) is 8.97. The molecule has 4 nitrogen and oxygen atoms in total. The molecule has 6 heteroatoms. The molecule has 0 bridgehead atoms. The zero-order valence-corrected chi connectivity index (χ0v) is 15.2. The summed E-state index contributed by atoms with van der Waals surface area (Å²) in [5.41, 5.74) is 2.38. The van der Waals surface area contributed by atoms with Crippen molar-refractivity contribution < 1.29 is 13.9 Å². The monoisotopic (exact) mass is 379 g/mol. The Morgan fingerprint density at radius 3 is 2.16 bits per heavy atom. The van der Waals surface area contributed by atoms with Gasteiger partial charge in [-0.05, 0) is 49.2 Å². The van der Waals surface area contributed by atoms with Crippen molar-refractivity contribution in [2.45, 2.75) is 12.8 Å². The molecule has 3 aromatic rings. The first-order valence-electron chi connectivity index (χ1n) is 8.18. The number of hydrogen-bond donors (Lipinski definition) is 0. The zero-order chi connectivity index (χ0) is 17.5. The van der Waals surface area contributed by atoms with Gasteiger partial charge in [-0.25, -0.2) is 4.98 Å². The van der Waals surface area contributed by atoms with Crippen LogP contribution >= 0.6 is 23.2 Å². The first-order chi connectivity index (χ1) is 12.3. The first-order valence-corrected chi connectivity index (χ1v) is 9.25. The number of benzene rings is 2. The molecule has 25 heavy (non-hydrogen) atoms. The van der Waals surface area contributed by atoms with Crippen molar-refractivity contribution in [3.63, 3.8) is 0 Å². The number of ether oxygens (including phenoxy) is 2. The van der Waals surface area contributed by atoms with E-state index in [4.69, 9.17) is 37.1 Å². The van der Waals surface area contributed by atoms with E-state index in [1.807, 2.05) is 42.5 Å². The lowest BCUT2D eigenvalue weighted by Crippen LogP contribution is -1.97. The molecule has 2 aromatic carbocycles. The van der Waals surface area contributed by atoms with Crippen LogP contribution in [0.5, 0.6) is 11.5 Å². The molecule has 0 radical (unpaired) electrons. The topological polar surface area (TPSA) is 44.5 Å². The summed E-state index contributed by atoms with van der Waals surface area (Å²) in [4.78, 5) is 4.52. The van der Waals surface area contributed by atoms with Gasteiger partial charge in [0.05, 0.1) is 13.2 Å². The number of oxazole rings is 1. The number of aromatic nitrogens is 1.